The van der Waals surface area contributed by atoms with E-state index in [0.29, 0.717) is 5.92 Å². The SMILES string of the molecule is CC1CC1C(=O)NC1CCC(NS(C)(=O)=O)CC1. The van der Waals surface area contributed by atoms with E-state index in [1.165, 1.54) is 6.26 Å². The van der Waals surface area contributed by atoms with Crippen LogP contribution in [0, 0.1) is 11.8 Å². The normalized spacial score (nSPS) is 36.1. The third kappa shape index (κ3) is 3.95. The van der Waals surface area contributed by atoms with Gasteiger partial charge in [0.25, 0.3) is 0 Å². The van der Waals surface area contributed by atoms with E-state index >= 15 is 0 Å². The summed E-state index contributed by atoms with van der Waals surface area (Å²) in [5.74, 6) is 0.937. The molecular weight excluding hydrogens is 252 g/mol. The zero-order valence-electron chi connectivity index (χ0n) is 11.0. The van der Waals surface area contributed by atoms with E-state index in [9.17, 15) is 13.2 Å². The van der Waals surface area contributed by atoms with Crippen LogP contribution in [-0.2, 0) is 14.8 Å². The number of hydrogen-bond acceptors (Lipinski definition) is 3. The van der Waals surface area contributed by atoms with Crippen LogP contribution in [0.2, 0.25) is 0 Å². The third-order valence-electron chi connectivity index (χ3n) is 3.90. The van der Waals surface area contributed by atoms with Gasteiger partial charge in [0, 0.05) is 18.0 Å². The van der Waals surface area contributed by atoms with E-state index in [0.717, 1.165) is 32.1 Å². The van der Waals surface area contributed by atoms with Gasteiger partial charge in [0.2, 0.25) is 15.9 Å². The van der Waals surface area contributed by atoms with Crippen LogP contribution < -0.4 is 10.0 Å². The first kappa shape index (κ1) is 13.8. The molecule has 0 aromatic heterocycles. The Morgan fingerprint density at radius 2 is 1.61 bits per heavy atom. The van der Waals surface area contributed by atoms with E-state index in [-0.39, 0.29) is 23.9 Å². The number of hydrogen-bond donors (Lipinski definition) is 2. The van der Waals surface area contributed by atoms with Gasteiger partial charge in [0.15, 0.2) is 0 Å². The van der Waals surface area contributed by atoms with Crippen molar-refractivity contribution < 1.29 is 13.2 Å². The fourth-order valence-electron chi connectivity index (χ4n) is 2.65. The molecule has 0 aliphatic heterocycles. The van der Waals surface area contributed by atoms with Crippen LogP contribution in [0.5, 0.6) is 0 Å². The van der Waals surface area contributed by atoms with Gasteiger partial charge in [0.1, 0.15) is 0 Å². The summed E-state index contributed by atoms with van der Waals surface area (Å²) in [6, 6.07) is 0.260. The Morgan fingerprint density at radius 3 is 2.06 bits per heavy atom. The minimum atomic E-state index is -3.11. The molecule has 0 aromatic rings. The van der Waals surface area contributed by atoms with Gasteiger partial charge in [0.05, 0.1) is 6.26 Å². The van der Waals surface area contributed by atoms with Crippen LogP contribution in [0.4, 0.5) is 0 Å². The van der Waals surface area contributed by atoms with Crippen molar-refractivity contribution in [3.8, 4) is 0 Å². The molecule has 0 bridgehead atoms. The van der Waals surface area contributed by atoms with E-state index in [4.69, 9.17) is 0 Å². The molecule has 2 aliphatic rings. The lowest BCUT2D eigenvalue weighted by atomic mass is 9.91. The maximum atomic E-state index is 11.8. The molecule has 18 heavy (non-hydrogen) atoms. The molecule has 0 radical (unpaired) electrons. The first-order valence-corrected chi connectivity index (χ1v) is 8.52. The number of rotatable bonds is 4. The van der Waals surface area contributed by atoms with E-state index in [1.54, 1.807) is 0 Å². The highest BCUT2D eigenvalue weighted by atomic mass is 32.2. The fourth-order valence-corrected chi connectivity index (χ4v) is 3.50. The van der Waals surface area contributed by atoms with Crippen molar-refractivity contribution in [1.29, 1.82) is 0 Å². The lowest BCUT2D eigenvalue weighted by Gasteiger charge is -2.29. The maximum Gasteiger partial charge on any atom is 0.223 e. The molecule has 2 aliphatic carbocycles. The summed E-state index contributed by atoms with van der Waals surface area (Å²) < 4.78 is 24.9. The maximum absolute atomic E-state index is 11.8. The molecule has 1 amide bonds. The average Bonchev–Trinajstić information content (AvgIpc) is 2.96. The zero-order valence-corrected chi connectivity index (χ0v) is 11.8. The van der Waals surface area contributed by atoms with E-state index in [2.05, 4.69) is 17.0 Å². The average molecular weight is 274 g/mol. The lowest BCUT2D eigenvalue weighted by Crippen LogP contribution is -2.44. The number of sulfonamides is 1. The molecule has 6 heteroatoms. The van der Waals surface area contributed by atoms with Crippen molar-refractivity contribution in [2.45, 2.75) is 51.1 Å². The molecule has 2 atom stereocenters. The largest absolute Gasteiger partial charge is 0.353 e. The Balaban J connectivity index is 1.72. The van der Waals surface area contributed by atoms with Gasteiger partial charge in [-0.2, -0.15) is 0 Å². The van der Waals surface area contributed by atoms with Gasteiger partial charge >= 0.3 is 0 Å². The Kier molecular flexibility index (Phi) is 3.96. The van der Waals surface area contributed by atoms with Crippen LogP contribution in [-0.4, -0.2) is 32.7 Å². The summed E-state index contributed by atoms with van der Waals surface area (Å²) in [6.07, 6.45) is 5.53. The monoisotopic (exact) mass is 274 g/mol. The summed E-state index contributed by atoms with van der Waals surface area (Å²) in [5, 5.41) is 3.08. The second-order valence-corrected chi connectivity index (χ2v) is 7.55. The number of carbonyl (C=O) groups excluding carboxylic acids is 1. The minimum absolute atomic E-state index is 0.0352. The summed E-state index contributed by atoms with van der Waals surface area (Å²) in [7, 11) is -3.11. The molecule has 5 nitrogen and oxygen atoms in total. The van der Waals surface area contributed by atoms with E-state index in [1.807, 2.05) is 0 Å². The molecule has 0 saturated heterocycles. The summed E-state index contributed by atoms with van der Waals surface area (Å²) >= 11 is 0. The van der Waals surface area contributed by atoms with Crippen LogP contribution >= 0.6 is 0 Å². The Morgan fingerprint density at radius 1 is 1.11 bits per heavy atom. The highest BCUT2D eigenvalue weighted by molar-refractivity contribution is 7.88. The molecule has 0 aromatic carbocycles. The van der Waals surface area contributed by atoms with Crippen molar-refractivity contribution in [3.05, 3.63) is 0 Å². The number of amides is 1. The molecule has 2 rings (SSSR count). The first-order chi connectivity index (χ1) is 8.35. The minimum Gasteiger partial charge on any atom is -0.353 e. The van der Waals surface area contributed by atoms with Gasteiger partial charge in [-0.15, -0.1) is 0 Å². The molecule has 0 heterocycles. The van der Waals surface area contributed by atoms with Crippen molar-refractivity contribution in [1.82, 2.24) is 10.0 Å². The van der Waals surface area contributed by atoms with Gasteiger partial charge in [-0.1, -0.05) is 6.92 Å². The third-order valence-corrected chi connectivity index (χ3v) is 4.66. The number of nitrogens with one attached hydrogen (secondary N) is 2. The van der Waals surface area contributed by atoms with Gasteiger partial charge in [-0.05, 0) is 38.0 Å². The highest BCUT2D eigenvalue weighted by Crippen LogP contribution is 2.38. The Labute approximate surface area is 109 Å². The van der Waals surface area contributed by atoms with Gasteiger partial charge in [-0.3, -0.25) is 4.79 Å². The van der Waals surface area contributed by atoms with Crippen molar-refractivity contribution in [3.63, 3.8) is 0 Å². The highest BCUT2D eigenvalue weighted by Gasteiger charge is 2.40. The van der Waals surface area contributed by atoms with Gasteiger partial charge in [-0.25, -0.2) is 13.1 Å². The first-order valence-electron chi connectivity index (χ1n) is 6.63. The topological polar surface area (TPSA) is 75.3 Å². The Bertz CT molecular complexity index is 413. The zero-order chi connectivity index (χ0) is 13.3. The standard InChI is InChI=1S/C12H22N2O3S/c1-8-7-11(8)12(15)13-9-3-5-10(6-4-9)14-18(2,16)17/h8-11,14H,3-7H2,1-2H3,(H,13,15). The predicted octanol–water partition coefficient (Wildman–Crippen LogP) is 0.619. The molecular formula is C12H22N2O3S. The predicted molar refractivity (Wildman–Crippen MR) is 69.4 cm³/mol. The molecule has 0 spiro atoms. The van der Waals surface area contributed by atoms with E-state index < -0.39 is 10.0 Å². The van der Waals surface area contributed by atoms with Crippen LogP contribution in [0.15, 0.2) is 0 Å². The fraction of sp³-hybridized carbons (Fsp3) is 0.917. The van der Waals surface area contributed by atoms with Crippen LogP contribution in [0.25, 0.3) is 0 Å². The smallest absolute Gasteiger partial charge is 0.223 e. The summed E-state index contributed by atoms with van der Waals surface area (Å²) in [6.45, 7) is 2.09. The molecule has 2 saturated carbocycles. The molecule has 2 N–H and O–H groups in total. The quantitative estimate of drug-likeness (QED) is 0.789. The molecule has 2 fully saturated rings. The second-order valence-electron chi connectivity index (χ2n) is 5.77. The van der Waals surface area contributed by atoms with Crippen molar-refractivity contribution in [2.75, 3.05) is 6.26 Å². The number of carbonyl (C=O) groups is 1. The van der Waals surface area contributed by atoms with Crippen LogP contribution in [0.1, 0.15) is 39.0 Å². The van der Waals surface area contributed by atoms with Crippen molar-refractivity contribution in [2.24, 2.45) is 11.8 Å². The second kappa shape index (κ2) is 5.17. The molecule has 2 unspecified atom stereocenters. The molecule has 104 valence electrons. The summed E-state index contributed by atoms with van der Waals surface area (Å²) in [4.78, 5) is 11.8. The van der Waals surface area contributed by atoms with Crippen LogP contribution in [0.3, 0.4) is 0 Å². The Hall–Kier alpha value is -0.620. The van der Waals surface area contributed by atoms with Crippen molar-refractivity contribution >= 4 is 15.9 Å². The summed E-state index contributed by atoms with van der Waals surface area (Å²) in [5.41, 5.74) is 0. The lowest BCUT2D eigenvalue weighted by molar-refractivity contribution is -0.123. The van der Waals surface area contributed by atoms with Gasteiger partial charge < -0.3 is 5.32 Å².